The molecule has 23 heavy (non-hydrogen) atoms. The maximum absolute atomic E-state index is 2.38. The van der Waals surface area contributed by atoms with Gasteiger partial charge in [-0.1, -0.05) is 73.5 Å². The Hall–Kier alpha value is -2.28. The van der Waals surface area contributed by atoms with Crippen LogP contribution in [0.5, 0.6) is 0 Å². The van der Waals surface area contributed by atoms with Crippen molar-refractivity contribution >= 4 is 0 Å². The van der Waals surface area contributed by atoms with Gasteiger partial charge in [0, 0.05) is 18.4 Å². The summed E-state index contributed by atoms with van der Waals surface area (Å²) in [6, 6.07) is 25.8. The number of hydrogen-bond acceptors (Lipinski definition) is 0. The van der Waals surface area contributed by atoms with Crippen molar-refractivity contribution in [2.75, 3.05) is 0 Å². The normalized spacial score (nSPS) is 10.8. The molecule has 0 aliphatic rings. The van der Waals surface area contributed by atoms with Crippen LogP contribution in [0.4, 0.5) is 0 Å². The Morgan fingerprint density at radius 1 is 0.609 bits per heavy atom. The van der Waals surface area contributed by atoms with Crippen LogP contribution in [-0.4, -0.2) is 4.57 Å². The fraction of sp³-hybridized carbons (Fsp3) is 0.273. The summed E-state index contributed by atoms with van der Waals surface area (Å²) in [4.78, 5) is 0. The molecule has 0 spiro atoms. The first kappa shape index (κ1) is 15.6. The van der Waals surface area contributed by atoms with Crippen molar-refractivity contribution in [3.63, 3.8) is 0 Å². The molecule has 0 aliphatic heterocycles. The molecule has 0 saturated heterocycles. The topological polar surface area (TPSA) is 4.93 Å². The van der Waals surface area contributed by atoms with E-state index in [0.717, 1.165) is 6.54 Å². The lowest BCUT2D eigenvalue weighted by Crippen LogP contribution is -1.98. The zero-order valence-electron chi connectivity index (χ0n) is 13.7. The summed E-state index contributed by atoms with van der Waals surface area (Å²) >= 11 is 0. The monoisotopic (exact) mass is 303 g/mol. The van der Waals surface area contributed by atoms with Crippen LogP contribution in [-0.2, 0) is 13.0 Å². The third-order valence-electron chi connectivity index (χ3n) is 4.36. The highest BCUT2D eigenvalue weighted by molar-refractivity contribution is 5.59. The molecule has 2 aromatic carbocycles. The van der Waals surface area contributed by atoms with Gasteiger partial charge in [-0.05, 0) is 42.5 Å². The third-order valence-corrected chi connectivity index (χ3v) is 4.36. The van der Waals surface area contributed by atoms with Gasteiger partial charge in [-0.15, -0.1) is 0 Å². The van der Waals surface area contributed by atoms with Crippen LogP contribution in [0.25, 0.3) is 11.3 Å². The second kappa shape index (κ2) is 8.38. The molecule has 1 heteroatoms. The van der Waals surface area contributed by atoms with E-state index in [1.165, 1.54) is 48.9 Å². The zero-order valence-corrected chi connectivity index (χ0v) is 13.7. The van der Waals surface area contributed by atoms with E-state index in [1.807, 2.05) is 0 Å². The third kappa shape index (κ3) is 4.59. The van der Waals surface area contributed by atoms with Crippen LogP contribution in [0.1, 0.15) is 31.2 Å². The summed E-state index contributed by atoms with van der Waals surface area (Å²) < 4.78 is 2.38. The summed E-state index contributed by atoms with van der Waals surface area (Å²) in [6.45, 7) is 1.11. The molecule has 0 unspecified atom stereocenters. The molecule has 118 valence electrons. The summed E-state index contributed by atoms with van der Waals surface area (Å²) in [5.41, 5.74) is 4.10. The van der Waals surface area contributed by atoms with Gasteiger partial charge in [0.25, 0.3) is 0 Å². The molecular weight excluding hydrogens is 278 g/mol. The lowest BCUT2D eigenvalue weighted by atomic mass is 10.1. The first-order valence-corrected chi connectivity index (χ1v) is 8.68. The molecule has 1 nitrogen and oxygen atoms in total. The maximum atomic E-state index is 2.38. The van der Waals surface area contributed by atoms with Gasteiger partial charge in [-0.2, -0.15) is 0 Å². The minimum Gasteiger partial charge on any atom is -0.348 e. The van der Waals surface area contributed by atoms with Crippen molar-refractivity contribution in [3.8, 4) is 11.3 Å². The van der Waals surface area contributed by atoms with Crippen LogP contribution in [0.15, 0.2) is 79.0 Å². The predicted molar refractivity (Wildman–Crippen MR) is 98.5 cm³/mol. The van der Waals surface area contributed by atoms with Crippen molar-refractivity contribution in [2.45, 2.75) is 38.6 Å². The number of unbranched alkanes of at least 4 members (excludes halogenated alkanes) is 3. The zero-order chi connectivity index (χ0) is 15.7. The molecule has 0 aliphatic carbocycles. The Morgan fingerprint density at radius 2 is 1.30 bits per heavy atom. The van der Waals surface area contributed by atoms with Gasteiger partial charge in [-0.25, -0.2) is 0 Å². The highest BCUT2D eigenvalue weighted by Crippen LogP contribution is 2.20. The Kier molecular flexibility index (Phi) is 5.69. The van der Waals surface area contributed by atoms with Crippen LogP contribution in [0.3, 0.4) is 0 Å². The highest BCUT2D eigenvalue weighted by atomic mass is 15.0. The Labute approximate surface area is 139 Å². The Bertz CT molecular complexity index is 682. The Balaban J connectivity index is 1.41. The van der Waals surface area contributed by atoms with E-state index in [-0.39, 0.29) is 0 Å². The molecular formula is C22H25N. The number of nitrogens with zero attached hydrogens (tertiary/aromatic N) is 1. The van der Waals surface area contributed by atoms with Crippen molar-refractivity contribution < 1.29 is 0 Å². The number of aryl methyl sites for hydroxylation is 2. The lowest BCUT2D eigenvalue weighted by Gasteiger charge is -2.09. The van der Waals surface area contributed by atoms with Crippen molar-refractivity contribution in [1.82, 2.24) is 4.57 Å². The quantitative estimate of drug-likeness (QED) is 0.453. The lowest BCUT2D eigenvalue weighted by molar-refractivity contribution is 0.576. The van der Waals surface area contributed by atoms with Gasteiger partial charge in [0.05, 0.1) is 0 Å². The average molecular weight is 303 g/mol. The van der Waals surface area contributed by atoms with Gasteiger partial charge in [-0.3, -0.25) is 0 Å². The number of rotatable bonds is 8. The second-order valence-corrected chi connectivity index (χ2v) is 6.10. The van der Waals surface area contributed by atoms with E-state index >= 15 is 0 Å². The second-order valence-electron chi connectivity index (χ2n) is 6.10. The molecule has 0 N–H and O–H groups in total. The summed E-state index contributed by atoms with van der Waals surface area (Å²) in [7, 11) is 0. The molecule has 0 fully saturated rings. The molecule has 0 amide bonds. The smallest absolute Gasteiger partial charge is 0.0480 e. The highest BCUT2D eigenvalue weighted by Gasteiger charge is 2.03. The first-order valence-electron chi connectivity index (χ1n) is 8.68. The number of hydrogen-bond donors (Lipinski definition) is 0. The summed E-state index contributed by atoms with van der Waals surface area (Å²) in [5.74, 6) is 0. The number of aromatic nitrogens is 1. The number of benzene rings is 2. The fourth-order valence-corrected chi connectivity index (χ4v) is 3.09. The summed E-state index contributed by atoms with van der Waals surface area (Å²) in [5, 5.41) is 0. The van der Waals surface area contributed by atoms with E-state index < -0.39 is 0 Å². The summed E-state index contributed by atoms with van der Waals surface area (Å²) in [6.07, 6.45) is 8.58. The largest absolute Gasteiger partial charge is 0.348 e. The molecule has 3 aromatic rings. The van der Waals surface area contributed by atoms with Crippen molar-refractivity contribution in [3.05, 3.63) is 84.6 Å². The molecule has 3 rings (SSSR count). The molecule has 0 radical (unpaired) electrons. The van der Waals surface area contributed by atoms with E-state index in [0.29, 0.717) is 0 Å². The minimum atomic E-state index is 1.11. The predicted octanol–water partition coefficient (Wildman–Crippen LogP) is 5.96. The minimum absolute atomic E-state index is 1.11. The molecule has 1 aromatic heterocycles. The van der Waals surface area contributed by atoms with Crippen LogP contribution >= 0.6 is 0 Å². The standard InChI is InChI=1S/C22H25N/c1(5-12-20-13-6-3-7-14-20)2-10-18-23-19-11-17-22(23)21-15-8-4-9-16-21/h3-4,6-9,11,13-17,19H,1-2,5,10,12,18H2. The molecule has 0 atom stereocenters. The van der Waals surface area contributed by atoms with Crippen molar-refractivity contribution in [1.29, 1.82) is 0 Å². The molecule has 0 bridgehead atoms. The SMILES string of the molecule is c1ccc(CCCCCCn2cccc2-c2ccccc2)cc1. The van der Waals surface area contributed by atoms with Crippen LogP contribution in [0.2, 0.25) is 0 Å². The Morgan fingerprint density at radius 3 is 2.09 bits per heavy atom. The first-order chi connectivity index (χ1) is 11.4. The van der Waals surface area contributed by atoms with Gasteiger partial charge in [0.2, 0.25) is 0 Å². The van der Waals surface area contributed by atoms with E-state index in [4.69, 9.17) is 0 Å². The van der Waals surface area contributed by atoms with Gasteiger partial charge >= 0.3 is 0 Å². The molecule has 1 heterocycles. The van der Waals surface area contributed by atoms with E-state index in [2.05, 4.69) is 83.6 Å². The van der Waals surface area contributed by atoms with Gasteiger partial charge in [0.1, 0.15) is 0 Å². The maximum Gasteiger partial charge on any atom is 0.0480 e. The van der Waals surface area contributed by atoms with E-state index in [9.17, 15) is 0 Å². The van der Waals surface area contributed by atoms with Crippen LogP contribution in [0, 0.1) is 0 Å². The van der Waals surface area contributed by atoms with Crippen molar-refractivity contribution in [2.24, 2.45) is 0 Å². The average Bonchev–Trinajstić information content (AvgIpc) is 3.08. The fourth-order valence-electron chi connectivity index (χ4n) is 3.09. The van der Waals surface area contributed by atoms with Gasteiger partial charge in [0.15, 0.2) is 0 Å². The van der Waals surface area contributed by atoms with Crippen LogP contribution < -0.4 is 0 Å². The van der Waals surface area contributed by atoms with E-state index in [1.54, 1.807) is 0 Å². The molecule has 0 saturated carbocycles. The van der Waals surface area contributed by atoms with Gasteiger partial charge < -0.3 is 4.57 Å².